The van der Waals surface area contributed by atoms with Crippen molar-refractivity contribution in [2.24, 2.45) is 35.5 Å². The lowest BCUT2D eigenvalue weighted by atomic mass is 9.72. The van der Waals surface area contributed by atoms with E-state index >= 15 is 0 Å². The summed E-state index contributed by atoms with van der Waals surface area (Å²) in [5.74, 6) is 6.47. The van der Waals surface area contributed by atoms with Crippen LogP contribution >= 0.6 is 0 Å². The van der Waals surface area contributed by atoms with Gasteiger partial charge in [-0.3, -0.25) is 0 Å². The molecule has 3 fully saturated rings. The zero-order valence-corrected chi connectivity index (χ0v) is 13.2. The van der Waals surface area contributed by atoms with Gasteiger partial charge in [0.2, 0.25) is 0 Å². The maximum atomic E-state index is 2.57. The Hall–Kier alpha value is 0. The second-order valence-corrected chi connectivity index (χ2v) is 8.29. The third kappa shape index (κ3) is 3.19. The van der Waals surface area contributed by atoms with E-state index in [4.69, 9.17) is 0 Å². The van der Waals surface area contributed by atoms with Crippen molar-refractivity contribution in [1.82, 2.24) is 0 Å². The van der Waals surface area contributed by atoms with E-state index in [2.05, 4.69) is 13.8 Å². The third-order valence-electron chi connectivity index (χ3n) is 6.96. The summed E-state index contributed by atoms with van der Waals surface area (Å²) in [7, 11) is 0. The molecular weight excluding hydrogens is 228 g/mol. The van der Waals surface area contributed by atoms with Crippen molar-refractivity contribution in [1.29, 1.82) is 0 Å². The molecule has 0 N–H and O–H groups in total. The molecule has 3 atom stereocenters. The molecule has 0 nitrogen and oxygen atoms in total. The topological polar surface area (TPSA) is 0 Å². The van der Waals surface area contributed by atoms with E-state index in [0.29, 0.717) is 0 Å². The van der Waals surface area contributed by atoms with Crippen LogP contribution in [0.15, 0.2) is 0 Å². The highest BCUT2D eigenvalue weighted by Gasteiger charge is 2.40. The molecule has 0 aromatic heterocycles. The zero-order chi connectivity index (χ0) is 13.2. The van der Waals surface area contributed by atoms with Crippen LogP contribution in [0, 0.1) is 35.5 Å². The number of hydrogen-bond donors (Lipinski definition) is 0. The van der Waals surface area contributed by atoms with E-state index in [1.165, 1.54) is 32.1 Å². The molecule has 0 heterocycles. The molecular formula is C19H34. The van der Waals surface area contributed by atoms with Crippen LogP contribution in [0.3, 0.4) is 0 Å². The molecule has 0 saturated heterocycles. The highest BCUT2D eigenvalue weighted by atomic mass is 14.4. The third-order valence-corrected chi connectivity index (χ3v) is 6.96. The summed E-state index contributed by atoms with van der Waals surface area (Å²) >= 11 is 0. The van der Waals surface area contributed by atoms with E-state index in [9.17, 15) is 0 Å². The van der Waals surface area contributed by atoms with Crippen molar-refractivity contribution in [2.75, 3.05) is 0 Å². The molecule has 3 aliphatic carbocycles. The van der Waals surface area contributed by atoms with Crippen LogP contribution in [0.25, 0.3) is 0 Å². The van der Waals surface area contributed by atoms with Gasteiger partial charge >= 0.3 is 0 Å². The SMILES string of the molecule is CC1CCC(C2CC(C3CCCCC3)CC2C)CC1. The molecule has 0 spiro atoms. The molecule has 3 unspecified atom stereocenters. The first-order valence-corrected chi connectivity index (χ1v) is 9.24. The molecule has 0 bridgehead atoms. The first kappa shape index (κ1) is 14.0. The fourth-order valence-electron chi connectivity index (χ4n) is 5.69. The van der Waals surface area contributed by atoms with E-state index in [1.54, 1.807) is 38.5 Å². The molecule has 3 saturated carbocycles. The molecule has 0 amide bonds. The molecule has 3 rings (SSSR count). The predicted molar refractivity (Wildman–Crippen MR) is 83.1 cm³/mol. The average molecular weight is 262 g/mol. The maximum Gasteiger partial charge on any atom is -0.0357 e. The molecule has 110 valence electrons. The average Bonchev–Trinajstić information content (AvgIpc) is 2.83. The number of rotatable bonds is 2. The zero-order valence-electron chi connectivity index (χ0n) is 13.2. The van der Waals surface area contributed by atoms with E-state index in [-0.39, 0.29) is 0 Å². The molecule has 3 aliphatic rings. The van der Waals surface area contributed by atoms with E-state index in [0.717, 1.165) is 35.5 Å². The Morgan fingerprint density at radius 3 is 1.95 bits per heavy atom. The second kappa shape index (κ2) is 6.19. The molecule has 0 radical (unpaired) electrons. The predicted octanol–water partition coefficient (Wildman–Crippen LogP) is 6.06. The van der Waals surface area contributed by atoms with E-state index in [1.807, 2.05) is 0 Å². The molecule has 0 aromatic carbocycles. The van der Waals surface area contributed by atoms with Gasteiger partial charge in [0, 0.05) is 0 Å². The van der Waals surface area contributed by atoms with Crippen molar-refractivity contribution in [3.63, 3.8) is 0 Å². The van der Waals surface area contributed by atoms with Gasteiger partial charge in [-0.25, -0.2) is 0 Å². The van der Waals surface area contributed by atoms with Crippen LogP contribution in [0.5, 0.6) is 0 Å². The highest BCUT2D eigenvalue weighted by molar-refractivity contribution is 4.90. The van der Waals surface area contributed by atoms with Crippen LogP contribution in [-0.4, -0.2) is 0 Å². The fourth-order valence-corrected chi connectivity index (χ4v) is 5.69. The van der Waals surface area contributed by atoms with Gasteiger partial charge in [0.15, 0.2) is 0 Å². The van der Waals surface area contributed by atoms with Gasteiger partial charge in [-0.2, -0.15) is 0 Å². The molecule has 0 heteroatoms. The van der Waals surface area contributed by atoms with Gasteiger partial charge in [0.25, 0.3) is 0 Å². The summed E-state index contributed by atoms with van der Waals surface area (Å²) in [5, 5.41) is 0. The quantitative estimate of drug-likeness (QED) is 0.568. The Balaban J connectivity index is 1.55. The van der Waals surface area contributed by atoms with Gasteiger partial charge in [-0.1, -0.05) is 58.8 Å². The second-order valence-electron chi connectivity index (χ2n) is 8.29. The minimum absolute atomic E-state index is 1.02. The lowest BCUT2D eigenvalue weighted by molar-refractivity contribution is 0.177. The first-order chi connectivity index (χ1) is 9.24. The largest absolute Gasteiger partial charge is 0.0625 e. The van der Waals surface area contributed by atoms with Crippen LogP contribution in [0.1, 0.15) is 84.5 Å². The monoisotopic (exact) mass is 262 g/mol. The van der Waals surface area contributed by atoms with Gasteiger partial charge < -0.3 is 0 Å². The van der Waals surface area contributed by atoms with Crippen molar-refractivity contribution >= 4 is 0 Å². The smallest absolute Gasteiger partial charge is 0.0357 e. The Morgan fingerprint density at radius 2 is 1.26 bits per heavy atom. The van der Waals surface area contributed by atoms with Crippen LogP contribution < -0.4 is 0 Å². The van der Waals surface area contributed by atoms with Crippen molar-refractivity contribution < 1.29 is 0 Å². The van der Waals surface area contributed by atoms with Crippen LogP contribution in [0.4, 0.5) is 0 Å². The van der Waals surface area contributed by atoms with Gasteiger partial charge in [0.1, 0.15) is 0 Å². The van der Waals surface area contributed by atoms with Crippen molar-refractivity contribution in [3.05, 3.63) is 0 Å². The first-order valence-electron chi connectivity index (χ1n) is 9.24. The molecule has 0 aromatic rings. The standard InChI is InChI=1S/C19H34/c1-14-8-10-17(11-9-14)19-13-18(12-15(19)2)16-6-4-3-5-7-16/h14-19H,3-13H2,1-2H3. The Bertz CT molecular complexity index is 268. The maximum absolute atomic E-state index is 2.57. The highest BCUT2D eigenvalue weighted by Crippen LogP contribution is 2.50. The Kier molecular flexibility index (Phi) is 4.54. The summed E-state index contributed by atoms with van der Waals surface area (Å²) < 4.78 is 0. The van der Waals surface area contributed by atoms with Gasteiger partial charge in [-0.05, 0) is 61.2 Å². The molecule has 19 heavy (non-hydrogen) atoms. The summed E-state index contributed by atoms with van der Waals surface area (Å²) in [5.41, 5.74) is 0. The molecule has 0 aliphatic heterocycles. The van der Waals surface area contributed by atoms with Crippen LogP contribution in [0.2, 0.25) is 0 Å². The Morgan fingerprint density at radius 1 is 0.579 bits per heavy atom. The summed E-state index contributed by atoms with van der Waals surface area (Å²) in [4.78, 5) is 0. The minimum atomic E-state index is 1.02. The van der Waals surface area contributed by atoms with E-state index < -0.39 is 0 Å². The summed E-state index contributed by atoms with van der Waals surface area (Å²) in [6.07, 6.45) is 17.0. The van der Waals surface area contributed by atoms with Crippen LogP contribution in [-0.2, 0) is 0 Å². The van der Waals surface area contributed by atoms with Crippen molar-refractivity contribution in [2.45, 2.75) is 84.5 Å². The lowest BCUT2D eigenvalue weighted by Gasteiger charge is -2.33. The summed E-state index contributed by atoms with van der Waals surface area (Å²) in [6.45, 7) is 5.03. The van der Waals surface area contributed by atoms with Crippen molar-refractivity contribution in [3.8, 4) is 0 Å². The Labute approximate surface area is 120 Å². The van der Waals surface area contributed by atoms with Gasteiger partial charge in [0.05, 0.1) is 0 Å². The summed E-state index contributed by atoms with van der Waals surface area (Å²) in [6, 6.07) is 0. The van der Waals surface area contributed by atoms with Gasteiger partial charge in [-0.15, -0.1) is 0 Å². The minimum Gasteiger partial charge on any atom is -0.0625 e. The lowest BCUT2D eigenvalue weighted by Crippen LogP contribution is -2.23. The fraction of sp³-hybridized carbons (Fsp3) is 1.00. The number of hydrogen-bond acceptors (Lipinski definition) is 0. The normalized spacial score (nSPS) is 45.5.